The van der Waals surface area contributed by atoms with E-state index in [-0.39, 0.29) is 11.5 Å². The summed E-state index contributed by atoms with van der Waals surface area (Å²) in [4.78, 5) is 34.6. The number of carboxylic acids is 1. The molecule has 0 aliphatic rings. The first kappa shape index (κ1) is 20.0. The lowest BCUT2D eigenvalue weighted by Gasteiger charge is -2.27. The number of amides is 1. The van der Waals surface area contributed by atoms with E-state index < -0.39 is 5.97 Å². The summed E-state index contributed by atoms with van der Waals surface area (Å²) in [5.74, 6) is -1.25. The van der Waals surface area contributed by atoms with Crippen molar-refractivity contribution >= 4 is 34.2 Å². The van der Waals surface area contributed by atoms with E-state index >= 15 is 0 Å². The first-order valence-electron chi connectivity index (χ1n) is 9.77. The number of rotatable bonds is 7. The number of aromatic carboxylic acids is 1. The molecule has 4 rings (SSSR count). The molecule has 7 nitrogen and oxygen atoms in total. The number of benzene rings is 2. The molecule has 2 N–H and O–H groups in total. The number of anilines is 2. The van der Waals surface area contributed by atoms with Crippen molar-refractivity contribution in [2.24, 2.45) is 0 Å². The fourth-order valence-electron chi connectivity index (χ4n) is 3.46. The summed E-state index contributed by atoms with van der Waals surface area (Å²) < 4.78 is 0. The minimum Gasteiger partial charge on any atom is -0.478 e. The average Bonchev–Trinajstić information content (AvgIpc) is 2.82. The van der Waals surface area contributed by atoms with Crippen LogP contribution < -0.4 is 10.2 Å². The van der Waals surface area contributed by atoms with Crippen LogP contribution in [0.15, 0.2) is 85.3 Å². The van der Waals surface area contributed by atoms with Crippen LogP contribution in [0.25, 0.3) is 10.9 Å². The molecular weight excluding hydrogens is 392 g/mol. The zero-order chi connectivity index (χ0) is 21.6. The van der Waals surface area contributed by atoms with Crippen LogP contribution in [0.1, 0.15) is 20.7 Å². The molecule has 0 fully saturated rings. The van der Waals surface area contributed by atoms with Crippen LogP contribution in [0.3, 0.4) is 0 Å². The highest BCUT2D eigenvalue weighted by Crippen LogP contribution is 2.33. The zero-order valence-corrected chi connectivity index (χ0v) is 16.6. The van der Waals surface area contributed by atoms with Crippen LogP contribution in [0.5, 0.6) is 0 Å². The molecule has 1 amide bonds. The molecule has 0 atom stereocenters. The molecule has 0 spiro atoms. The van der Waals surface area contributed by atoms with Crippen molar-refractivity contribution in [3.8, 4) is 0 Å². The average molecular weight is 412 g/mol. The van der Waals surface area contributed by atoms with Gasteiger partial charge in [-0.1, -0.05) is 30.3 Å². The summed E-state index contributed by atoms with van der Waals surface area (Å²) in [5, 5.41) is 13.5. The van der Waals surface area contributed by atoms with Crippen molar-refractivity contribution in [2.45, 2.75) is 0 Å². The Labute approximate surface area is 179 Å². The number of hydrogen-bond acceptors (Lipinski definition) is 5. The maximum atomic E-state index is 12.4. The largest absolute Gasteiger partial charge is 0.478 e. The van der Waals surface area contributed by atoms with Crippen LogP contribution in [0.2, 0.25) is 0 Å². The highest BCUT2D eigenvalue weighted by atomic mass is 16.4. The molecular formula is C24H20N4O3. The Kier molecular flexibility index (Phi) is 5.84. The SMILES string of the molecule is O=C(NCCN(c1ccccc1C(=O)O)c1ccnc2ccccc12)c1cccnc1. The lowest BCUT2D eigenvalue weighted by atomic mass is 10.1. The maximum Gasteiger partial charge on any atom is 0.337 e. The number of aromatic nitrogens is 2. The number of nitrogens with zero attached hydrogens (tertiary/aromatic N) is 3. The Balaban J connectivity index is 1.68. The molecule has 0 saturated heterocycles. The molecule has 0 radical (unpaired) electrons. The third-order valence-electron chi connectivity index (χ3n) is 4.89. The van der Waals surface area contributed by atoms with E-state index in [1.165, 1.54) is 6.20 Å². The second kappa shape index (κ2) is 9.04. The summed E-state index contributed by atoms with van der Waals surface area (Å²) in [6, 6.07) is 19.7. The molecule has 2 heterocycles. The quantitative estimate of drug-likeness (QED) is 0.478. The molecule has 4 aromatic rings. The summed E-state index contributed by atoms with van der Waals surface area (Å²) in [5.41, 5.74) is 2.81. The summed E-state index contributed by atoms with van der Waals surface area (Å²) in [6.45, 7) is 0.669. The van der Waals surface area contributed by atoms with Gasteiger partial charge in [-0.05, 0) is 36.4 Å². The third-order valence-corrected chi connectivity index (χ3v) is 4.89. The standard InChI is InChI=1S/C24H20N4O3/c29-23(17-6-5-12-25-16-17)27-14-15-28(21-10-4-2-8-19(21)24(30)31)22-11-13-26-20-9-3-1-7-18(20)22/h1-13,16H,14-15H2,(H,27,29)(H,30,31). The van der Waals surface area contributed by atoms with Gasteiger partial charge >= 0.3 is 5.97 Å². The van der Waals surface area contributed by atoms with Crippen molar-refractivity contribution in [2.75, 3.05) is 18.0 Å². The lowest BCUT2D eigenvalue weighted by Crippen LogP contribution is -2.33. The zero-order valence-electron chi connectivity index (χ0n) is 16.6. The second-order valence-electron chi connectivity index (χ2n) is 6.82. The smallest absolute Gasteiger partial charge is 0.337 e. The van der Waals surface area contributed by atoms with Gasteiger partial charge in [0, 0.05) is 37.1 Å². The van der Waals surface area contributed by atoms with Crippen LogP contribution in [0, 0.1) is 0 Å². The number of carboxylic acid groups (broad SMARTS) is 1. The Morgan fingerprint density at radius 2 is 1.71 bits per heavy atom. The molecule has 31 heavy (non-hydrogen) atoms. The first-order valence-corrected chi connectivity index (χ1v) is 9.77. The Hall–Kier alpha value is -4.26. The van der Waals surface area contributed by atoms with E-state index in [1.807, 2.05) is 35.2 Å². The number of nitrogens with one attached hydrogen (secondary N) is 1. The van der Waals surface area contributed by atoms with Gasteiger partial charge in [0.25, 0.3) is 5.91 Å². The van der Waals surface area contributed by atoms with Crippen LogP contribution in [-0.2, 0) is 0 Å². The van der Waals surface area contributed by atoms with Gasteiger partial charge in [-0.3, -0.25) is 14.8 Å². The van der Waals surface area contributed by atoms with Crippen molar-refractivity contribution in [3.63, 3.8) is 0 Å². The molecule has 0 aliphatic heterocycles. The molecule has 0 aliphatic carbocycles. The van der Waals surface area contributed by atoms with Crippen LogP contribution in [0.4, 0.5) is 11.4 Å². The summed E-state index contributed by atoms with van der Waals surface area (Å²) in [7, 11) is 0. The molecule has 154 valence electrons. The van der Waals surface area contributed by atoms with E-state index in [4.69, 9.17) is 0 Å². The van der Waals surface area contributed by atoms with Crippen molar-refractivity contribution in [1.29, 1.82) is 0 Å². The third kappa shape index (κ3) is 4.35. The van der Waals surface area contributed by atoms with E-state index in [2.05, 4.69) is 15.3 Å². The second-order valence-corrected chi connectivity index (χ2v) is 6.82. The van der Waals surface area contributed by atoms with Crippen molar-refractivity contribution in [3.05, 3.63) is 96.4 Å². The van der Waals surface area contributed by atoms with Gasteiger partial charge in [-0.2, -0.15) is 0 Å². The lowest BCUT2D eigenvalue weighted by molar-refractivity contribution is 0.0697. The number of para-hydroxylation sites is 2. The number of pyridine rings is 2. The van der Waals surface area contributed by atoms with Gasteiger partial charge < -0.3 is 15.3 Å². The number of carbonyl (C=O) groups is 2. The number of fused-ring (bicyclic) bond motifs is 1. The van der Waals surface area contributed by atoms with Gasteiger partial charge in [-0.25, -0.2) is 4.79 Å². The normalized spacial score (nSPS) is 10.6. The molecule has 0 unspecified atom stereocenters. The topological polar surface area (TPSA) is 95.4 Å². The molecule has 7 heteroatoms. The van der Waals surface area contributed by atoms with Crippen molar-refractivity contribution in [1.82, 2.24) is 15.3 Å². The van der Waals surface area contributed by atoms with Gasteiger partial charge in [0.1, 0.15) is 0 Å². The Bertz CT molecular complexity index is 1220. The number of hydrogen-bond donors (Lipinski definition) is 2. The fraction of sp³-hybridized carbons (Fsp3) is 0.0833. The highest BCUT2D eigenvalue weighted by molar-refractivity contribution is 5.99. The predicted octanol–water partition coefficient (Wildman–Crippen LogP) is 3.90. The fourth-order valence-corrected chi connectivity index (χ4v) is 3.46. The minimum absolute atomic E-state index is 0.182. The van der Waals surface area contributed by atoms with Gasteiger partial charge in [0.2, 0.25) is 0 Å². The van der Waals surface area contributed by atoms with Gasteiger partial charge in [0.15, 0.2) is 0 Å². The maximum absolute atomic E-state index is 12.4. The minimum atomic E-state index is -1.02. The summed E-state index contributed by atoms with van der Waals surface area (Å²) >= 11 is 0. The molecule has 2 aromatic heterocycles. The Morgan fingerprint density at radius 1 is 0.903 bits per heavy atom. The number of carbonyl (C=O) groups excluding carboxylic acids is 1. The van der Waals surface area contributed by atoms with Gasteiger partial charge in [0.05, 0.1) is 28.0 Å². The highest BCUT2D eigenvalue weighted by Gasteiger charge is 2.19. The summed E-state index contributed by atoms with van der Waals surface area (Å²) in [6.07, 6.45) is 4.81. The molecule has 2 aromatic carbocycles. The monoisotopic (exact) mass is 412 g/mol. The predicted molar refractivity (Wildman–Crippen MR) is 119 cm³/mol. The van der Waals surface area contributed by atoms with E-state index in [1.54, 1.807) is 48.8 Å². The van der Waals surface area contributed by atoms with E-state index in [9.17, 15) is 14.7 Å². The van der Waals surface area contributed by atoms with E-state index in [0.717, 1.165) is 16.6 Å². The molecule has 0 saturated carbocycles. The van der Waals surface area contributed by atoms with Crippen molar-refractivity contribution < 1.29 is 14.7 Å². The van der Waals surface area contributed by atoms with Gasteiger partial charge in [-0.15, -0.1) is 0 Å². The van der Waals surface area contributed by atoms with Crippen LogP contribution in [-0.4, -0.2) is 40.0 Å². The van der Waals surface area contributed by atoms with Crippen LogP contribution >= 0.6 is 0 Å². The first-order chi connectivity index (χ1) is 15.1. The molecule has 0 bridgehead atoms. The van der Waals surface area contributed by atoms with E-state index in [0.29, 0.717) is 24.3 Å². The Morgan fingerprint density at radius 3 is 2.52 bits per heavy atom.